The van der Waals surface area contributed by atoms with Gasteiger partial charge in [0.1, 0.15) is 0 Å². The van der Waals surface area contributed by atoms with Crippen molar-refractivity contribution in [3.05, 3.63) is 83.0 Å². The van der Waals surface area contributed by atoms with Crippen LogP contribution in [-0.2, 0) is 16.0 Å². The summed E-state index contributed by atoms with van der Waals surface area (Å²) < 4.78 is 1.75. The van der Waals surface area contributed by atoms with E-state index in [2.05, 4.69) is 15.4 Å². The lowest BCUT2D eigenvalue weighted by Gasteiger charge is -2.05. The Kier molecular flexibility index (Phi) is 5.26. The van der Waals surface area contributed by atoms with Crippen LogP contribution in [0.3, 0.4) is 0 Å². The number of carboxylic acids is 1. The summed E-state index contributed by atoms with van der Waals surface area (Å²) >= 11 is 1.26. The first kappa shape index (κ1) is 18.7. The monoisotopic (exact) mass is 404 g/mol. The summed E-state index contributed by atoms with van der Waals surface area (Å²) in [6.07, 6.45) is 5.34. The topological polar surface area (TPSA) is 96.6 Å². The predicted molar refractivity (Wildman–Crippen MR) is 113 cm³/mol. The molecular weight excluding hydrogens is 388 g/mol. The van der Waals surface area contributed by atoms with Crippen LogP contribution >= 0.6 is 11.8 Å². The molecule has 2 aromatic carbocycles. The number of aliphatic carboxylic acids is 1. The van der Waals surface area contributed by atoms with Crippen LogP contribution in [0.15, 0.2) is 76.9 Å². The van der Waals surface area contributed by atoms with Gasteiger partial charge in [-0.15, -0.1) is 0 Å². The van der Waals surface area contributed by atoms with Gasteiger partial charge in [0.2, 0.25) is 0 Å². The lowest BCUT2D eigenvalue weighted by molar-refractivity contribution is -0.136. The molecule has 0 radical (unpaired) electrons. The van der Waals surface area contributed by atoms with E-state index in [1.807, 2.05) is 36.5 Å². The molecule has 0 bridgehead atoms. The fourth-order valence-electron chi connectivity index (χ4n) is 2.80. The van der Waals surface area contributed by atoms with Crippen LogP contribution < -0.4 is 5.32 Å². The van der Waals surface area contributed by atoms with E-state index in [0.29, 0.717) is 15.6 Å². The molecule has 3 aromatic rings. The number of carboxylic acid groups (broad SMARTS) is 1. The maximum Gasteiger partial charge on any atom is 0.307 e. The smallest absolute Gasteiger partial charge is 0.307 e. The van der Waals surface area contributed by atoms with Crippen LogP contribution in [0.25, 0.3) is 11.8 Å². The maximum absolute atomic E-state index is 12.3. The molecule has 29 heavy (non-hydrogen) atoms. The Balaban J connectivity index is 1.45. The first-order valence-electron chi connectivity index (χ1n) is 8.77. The molecule has 0 fully saturated rings. The van der Waals surface area contributed by atoms with Crippen LogP contribution in [0, 0.1) is 0 Å². The number of amidine groups is 1. The molecule has 0 spiro atoms. The number of hydrogen-bond acceptors (Lipinski definition) is 5. The fourth-order valence-corrected chi connectivity index (χ4v) is 3.63. The Morgan fingerprint density at radius 1 is 1.17 bits per heavy atom. The number of amides is 1. The number of hydrogen-bond donors (Lipinski definition) is 2. The van der Waals surface area contributed by atoms with Crippen molar-refractivity contribution in [3.63, 3.8) is 0 Å². The van der Waals surface area contributed by atoms with Crippen LogP contribution in [0.1, 0.15) is 11.1 Å². The number of benzene rings is 2. The van der Waals surface area contributed by atoms with Gasteiger partial charge in [0, 0.05) is 18.1 Å². The van der Waals surface area contributed by atoms with Gasteiger partial charge in [0.15, 0.2) is 5.17 Å². The van der Waals surface area contributed by atoms with Gasteiger partial charge >= 0.3 is 5.97 Å². The summed E-state index contributed by atoms with van der Waals surface area (Å²) in [4.78, 5) is 27.6. The van der Waals surface area contributed by atoms with Gasteiger partial charge in [-0.1, -0.05) is 24.3 Å². The van der Waals surface area contributed by atoms with E-state index < -0.39 is 5.97 Å². The molecule has 8 heteroatoms. The second-order valence-corrected chi connectivity index (χ2v) is 7.30. The van der Waals surface area contributed by atoms with Crippen molar-refractivity contribution in [1.82, 2.24) is 9.78 Å². The van der Waals surface area contributed by atoms with Crippen LogP contribution in [-0.4, -0.2) is 31.9 Å². The first-order chi connectivity index (χ1) is 14.1. The standard InChI is InChI=1S/C21H16N4O3S/c26-19(27)13-14-5-7-16(8-6-14)23-21-24-20(28)18(29-21)12-15-3-1-4-17(11-15)25-10-2-9-22-25/h1-12H,13H2,(H,26,27)(H,23,24,28)/b18-12+. The van der Waals surface area contributed by atoms with E-state index in [4.69, 9.17) is 5.11 Å². The summed E-state index contributed by atoms with van der Waals surface area (Å²) in [5.74, 6) is -1.18. The fraction of sp³-hybridized carbons (Fsp3) is 0.0476. The Hall–Kier alpha value is -3.65. The van der Waals surface area contributed by atoms with Crippen LogP contribution in [0.5, 0.6) is 0 Å². The number of carbonyl (C=O) groups is 2. The maximum atomic E-state index is 12.3. The average Bonchev–Trinajstić information content (AvgIpc) is 3.34. The molecular formula is C21H16N4O3S. The third-order valence-electron chi connectivity index (χ3n) is 4.12. The number of thioether (sulfide) groups is 1. The molecule has 1 amide bonds. The van der Waals surface area contributed by atoms with Crippen molar-refractivity contribution in [2.24, 2.45) is 4.99 Å². The van der Waals surface area contributed by atoms with Crippen LogP contribution in [0.4, 0.5) is 5.69 Å². The largest absolute Gasteiger partial charge is 0.481 e. The molecule has 0 aliphatic carbocycles. The normalized spacial score (nSPS) is 14.8. The van der Waals surface area contributed by atoms with Crippen molar-refractivity contribution in [2.75, 3.05) is 5.32 Å². The van der Waals surface area contributed by atoms with E-state index in [9.17, 15) is 9.59 Å². The minimum Gasteiger partial charge on any atom is -0.481 e. The highest BCUT2D eigenvalue weighted by Crippen LogP contribution is 2.29. The van der Waals surface area contributed by atoms with Crippen molar-refractivity contribution in [2.45, 2.75) is 6.42 Å². The van der Waals surface area contributed by atoms with Gasteiger partial charge in [-0.3, -0.25) is 9.59 Å². The Morgan fingerprint density at radius 3 is 2.72 bits per heavy atom. The number of rotatable bonds is 5. The number of carbonyl (C=O) groups excluding carboxylic acids is 1. The number of nitrogens with zero attached hydrogens (tertiary/aromatic N) is 3. The zero-order chi connectivity index (χ0) is 20.2. The molecule has 1 aliphatic rings. The summed E-state index contributed by atoms with van der Waals surface area (Å²) in [7, 11) is 0. The first-order valence-corrected chi connectivity index (χ1v) is 9.59. The molecule has 1 aliphatic heterocycles. The molecule has 144 valence electrons. The van der Waals surface area contributed by atoms with Gasteiger partial charge in [0.25, 0.3) is 5.91 Å². The SMILES string of the molecule is O=C(O)Cc1ccc(NC2=NC(=O)/C(=C\c3cccc(-n4cccn4)c3)S2)cc1. The minimum absolute atomic E-state index is 0.0288. The second kappa shape index (κ2) is 8.15. The Labute approximate surface area is 170 Å². The predicted octanol–water partition coefficient (Wildman–Crippen LogP) is 3.58. The molecule has 1 aromatic heterocycles. The second-order valence-electron chi connectivity index (χ2n) is 6.27. The summed E-state index contributed by atoms with van der Waals surface area (Å²) in [5.41, 5.74) is 3.22. The van der Waals surface area contributed by atoms with E-state index in [1.54, 1.807) is 41.2 Å². The molecule has 2 heterocycles. The van der Waals surface area contributed by atoms with Crippen molar-refractivity contribution in [3.8, 4) is 5.69 Å². The molecule has 7 nitrogen and oxygen atoms in total. The number of aliphatic imine (C=N–C) groups is 1. The van der Waals surface area contributed by atoms with Crippen LogP contribution in [0.2, 0.25) is 0 Å². The van der Waals surface area contributed by atoms with E-state index in [0.717, 1.165) is 16.9 Å². The average molecular weight is 404 g/mol. The number of aromatic nitrogens is 2. The lowest BCUT2D eigenvalue weighted by Crippen LogP contribution is -2.05. The molecule has 0 unspecified atom stereocenters. The Bertz CT molecular complexity index is 1120. The number of nitrogens with one attached hydrogen (secondary N) is 1. The van der Waals surface area contributed by atoms with E-state index in [-0.39, 0.29) is 12.3 Å². The van der Waals surface area contributed by atoms with Gasteiger partial charge < -0.3 is 10.4 Å². The van der Waals surface area contributed by atoms with Crippen molar-refractivity contribution in [1.29, 1.82) is 0 Å². The van der Waals surface area contributed by atoms with Gasteiger partial charge in [-0.2, -0.15) is 10.1 Å². The van der Waals surface area contributed by atoms with E-state index >= 15 is 0 Å². The molecule has 0 atom stereocenters. The zero-order valence-corrected chi connectivity index (χ0v) is 16.0. The van der Waals surface area contributed by atoms with E-state index in [1.165, 1.54) is 11.8 Å². The molecule has 4 rings (SSSR count). The lowest BCUT2D eigenvalue weighted by atomic mass is 10.1. The van der Waals surface area contributed by atoms with Crippen molar-refractivity contribution < 1.29 is 14.7 Å². The number of anilines is 1. The van der Waals surface area contributed by atoms with Gasteiger partial charge in [0.05, 0.1) is 17.0 Å². The third-order valence-corrected chi connectivity index (χ3v) is 5.02. The highest BCUT2D eigenvalue weighted by molar-refractivity contribution is 8.18. The van der Waals surface area contributed by atoms with Crippen molar-refractivity contribution >= 4 is 40.6 Å². The quantitative estimate of drug-likeness (QED) is 0.631. The molecule has 2 N–H and O–H groups in total. The minimum atomic E-state index is -0.876. The highest BCUT2D eigenvalue weighted by atomic mass is 32.2. The summed E-state index contributed by atoms with van der Waals surface area (Å²) in [6.45, 7) is 0. The Morgan fingerprint density at radius 2 is 2.00 bits per heavy atom. The third kappa shape index (κ3) is 4.61. The molecule has 0 saturated carbocycles. The molecule has 0 saturated heterocycles. The summed E-state index contributed by atoms with van der Waals surface area (Å²) in [6, 6.07) is 16.6. The van der Waals surface area contributed by atoms with Gasteiger partial charge in [-0.25, -0.2) is 4.68 Å². The zero-order valence-electron chi connectivity index (χ0n) is 15.1. The summed E-state index contributed by atoms with van der Waals surface area (Å²) in [5, 5.41) is 16.6. The van der Waals surface area contributed by atoms with Gasteiger partial charge in [-0.05, 0) is 59.3 Å². The highest BCUT2D eigenvalue weighted by Gasteiger charge is 2.22.